The summed E-state index contributed by atoms with van der Waals surface area (Å²) in [5, 5.41) is 10.8. The van der Waals surface area contributed by atoms with E-state index in [1.54, 1.807) is 18.5 Å². The molecule has 1 aliphatic rings. The van der Waals surface area contributed by atoms with Gasteiger partial charge < -0.3 is 26.6 Å². The van der Waals surface area contributed by atoms with Crippen molar-refractivity contribution in [1.82, 2.24) is 9.55 Å². The molecule has 0 atom stereocenters. The normalized spacial score (nSPS) is 15.8. The van der Waals surface area contributed by atoms with Gasteiger partial charge in [-0.3, -0.25) is 10.1 Å². The van der Waals surface area contributed by atoms with Crippen LogP contribution in [0.1, 0.15) is 0 Å². The molecule has 8 heteroatoms. The number of ether oxygens (including phenoxy) is 1. The van der Waals surface area contributed by atoms with Crippen molar-refractivity contribution in [3.63, 3.8) is 0 Å². The molecular weight excluding hydrogens is 296 g/mol. The molecule has 1 aromatic carbocycles. The number of nitrogens with zero attached hydrogens (tertiary/aromatic N) is 3. The third-order valence-corrected chi connectivity index (χ3v) is 3.72. The summed E-state index contributed by atoms with van der Waals surface area (Å²) >= 11 is 0. The lowest BCUT2D eigenvalue weighted by molar-refractivity contribution is -0.908. The first-order chi connectivity index (χ1) is 9.74. The summed E-state index contributed by atoms with van der Waals surface area (Å²) in [4.78, 5) is 16.3. The zero-order valence-electron chi connectivity index (χ0n) is 11.5. The van der Waals surface area contributed by atoms with E-state index in [1.165, 1.54) is 11.0 Å². The van der Waals surface area contributed by atoms with Gasteiger partial charge in [-0.1, -0.05) is 0 Å². The van der Waals surface area contributed by atoms with E-state index in [0.717, 1.165) is 50.4 Å². The summed E-state index contributed by atoms with van der Waals surface area (Å²) in [6.07, 6.45) is 1.76. The Hall–Kier alpha value is -1.70. The van der Waals surface area contributed by atoms with Gasteiger partial charge >= 0.3 is 0 Å². The quantitative estimate of drug-likeness (QED) is 0.478. The number of aromatic nitrogens is 2. The molecule has 7 nitrogen and oxygen atoms in total. The van der Waals surface area contributed by atoms with Crippen molar-refractivity contribution in [2.75, 3.05) is 32.8 Å². The van der Waals surface area contributed by atoms with Gasteiger partial charge in [-0.2, -0.15) is 0 Å². The Morgan fingerprint density at radius 2 is 2.14 bits per heavy atom. The van der Waals surface area contributed by atoms with Crippen LogP contribution in [-0.4, -0.2) is 47.3 Å². The Kier molecular flexibility index (Phi) is 5.11. The predicted molar refractivity (Wildman–Crippen MR) is 72.8 cm³/mol. The van der Waals surface area contributed by atoms with E-state index in [1.807, 2.05) is 4.57 Å². The number of morpholine rings is 1. The number of halogens is 1. The maximum atomic E-state index is 10.8. The number of imidazole rings is 1. The van der Waals surface area contributed by atoms with Crippen molar-refractivity contribution in [3.05, 3.63) is 34.6 Å². The molecule has 2 heterocycles. The minimum Gasteiger partial charge on any atom is -1.00 e. The van der Waals surface area contributed by atoms with Gasteiger partial charge in [0.25, 0.3) is 5.69 Å². The molecule has 0 radical (unpaired) electrons. The van der Waals surface area contributed by atoms with E-state index in [9.17, 15) is 10.1 Å². The monoisotopic (exact) mass is 312 g/mol. The highest BCUT2D eigenvalue weighted by Crippen LogP contribution is 2.19. The SMILES string of the molecule is O=[N+]([O-])c1ccc2ncn(CC[NH+]3CCOCC3)c2c1.[Cl-]. The van der Waals surface area contributed by atoms with Gasteiger partial charge in [-0.15, -0.1) is 0 Å². The average Bonchev–Trinajstić information content (AvgIpc) is 2.88. The largest absolute Gasteiger partial charge is 1.00 e. The zero-order chi connectivity index (χ0) is 13.9. The lowest BCUT2D eigenvalue weighted by atomic mass is 10.3. The number of hydrogen-bond donors (Lipinski definition) is 1. The maximum Gasteiger partial charge on any atom is 0.271 e. The van der Waals surface area contributed by atoms with Crippen molar-refractivity contribution in [1.29, 1.82) is 0 Å². The summed E-state index contributed by atoms with van der Waals surface area (Å²) in [5.74, 6) is 0. The summed E-state index contributed by atoms with van der Waals surface area (Å²) in [6.45, 7) is 5.46. The van der Waals surface area contributed by atoms with Gasteiger partial charge in [0, 0.05) is 12.1 Å². The highest BCUT2D eigenvalue weighted by atomic mass is 35.5. The second kappa shape index (κ2) is 6.84. The smallest absolute Gasteiger partial charge is 0.271 e. The molecule has 1 N–H and O–H groups in total. The number of nitro groups is 1. The second-order valence-corrected chi connectivity index (χ2v) is 4.98. The van der Waals surface area contributed by atoms with Crippen LogP contribution in [0.4, 0.5) is 5.69 Å². The summed E-state index contributed by atoms with van der Waals surface area (Å²) in [5.41, 5.74) is 1.73. The molecule has 0 unspecified atom stereocenters. The molecule has 1 aromatic heterocycles. The fourth-order valence-corrected chi connectivity index (χ4v) is 2.53. The van der Waals surface area contributed by atoms with Gasteiger partial charge in [-0.05, 0) is 6.07 Å². The lowest BCUT2D eigenvalue weighted by Gasteiger charge is -2.23. The highest BCUT2D eigenvalue weighted by Gasteiger charge is 2.15. The lowest BCUT2D eigenvalue weighted by Crippen LogP contribution is -3.14. The van der Waals surface area contributed by atoms with Crippen LogP contribution in [-0.2, 0) is 11.3 Å². The molecule has 1 saturated heterocycles. The first-order valence-electron chi connectivity index (χ1n) is 6.74. The van der Waals surface area contributed by atoms with E-state index >= 15 is 0 Å². The van der Waals surface area contributed by atoms with Gasteiger partial charge in [0.2, 0.25) is 0 Å². The van der Waals surface area contributed by atoms with Crippen LogP contribution in [0.15, 0.2) is 24.5 Å². The minimum atomic E-state index is -0.371. The highest BCUT2D eigenvalue weighted by molar-refractivity contribution is 5.77. The number of nitrogens with one attached hydrogen (secondary N) is 1. The van der Waals surface area contributed by atoms with Crippen LogP contribution in [0.5, 0.6) is 0 Å². The number of benzene rings is 1. The van der Waals surface area contributed by atoms with Gasteiger partial charge in [0.1, 0.15) is 13.1 Å². The van der Waals surface area contributed by atoms with Gasteiger partial charge in [0.05, 0.1) is 48.6 Å². The molecule has 0 spiro atoms. The average molecular weight is 313 g/mol. The number of fused-ring (bicyclic) bond motifs is 1. The van der Waals surface area contributed by atoms with Crippen LogP contribution in [0.3, 0.4) is 0 Å². The fraction of sp³-hybridized carbons (Fsp3) is 0.462. The molecule has 0 saturated carbocycles. The molecule has 0 amide bonds. The fourth-order valence-electron chi connectivity index (χ4n) is 2.53. The predicted octanol–water partition coefficient (Wildman–Crippen LogP) is -3.14. The van der Waals surface area contributed by atoms with E-state index in [2.05, 4.69) is 4.98 Å². The Morgan fingerprint density at radius 3 is 2.86 bits per heavy atom. The van der Waals surface area contributed by atoms with Gasteiger partial charge in [-0.25, -0.2) is 4.98 Å². The maximum absolute atomic E-state index is 10.8. The van der Waals surface area contributed by atoms with Crippen LogP contribution in [0.25, 0.3) is 11.0 Å². The zero-order valence-corrected chi connectivity index (χ0v) is 12.3. The molecule has 1 fully saturated rings. The van der Waals surface area contributed by atoms with Crippen LogP contribution in [0.2, 0.25) is 0 Å². The molecule has 0 bridgehead atoms. The topological polar surface area (TPSA) is 74.6 Å². The third-order valence-electron chi connectivity index (χ3n) is 3.72. The molecule has 0 aliphatic carbocycles. The number of non-ortho nitro benzene ring substituents is 1. The Balaban J connectivity index is 0.00000161. The van der Waals surface area contributed by atoms with Gasteiger partial charge in [0.15, 0.2) is 0 Å². The molecular formula is C13H17ClN4O3. The molecule has 3 rings (SSSR count). The van der Waals surface area contributed by atoms with E-state index in [0.29, 0.717) is 0 Å². The van der Waals surface area contributed by atoms with Crippen LogP contribution in [0, 0.1) is 10.1 Å². The Bertz CT molecular complexity index is 625. The van der Waals surface area contributed by atoms with Crippen molar-refractivity contribution in [3.8, 4) is 0 Å². The van der Waals surface area contributed by atoms with E-state index in [-0.39, 0.29) is 23.0 Å². The summed E-state index contributed by atoms with van der Waals surface area (Å²) in [6, 6.07) is 4.79. The van der Waals surface area contributed by atoms with Crippen LogP contribution < -0.4 is 17.3 Å². The van der Waals surface area contributed by atoms with Crippen molar-refractivity contribution >= 4 is 16.7 Å². The first-order valence-corrected chi connectivity index (χ1v) is 6.74. The van der Waals surface area contributed by atoms with Crippen molar-refractivity contribution in [2.45, 2.75) is 6.54 Å². The molecule has 21 heavy (non-hydrogen) atoms. The summed E-state index contributed by atoms with van der Waals surface area (Å²) < 4.78 is 7.32. The van der Waals surface area contributed by atoms with Crippen LogP contribution >= 0.6 is 0 Å². The number of hydrogen-bond acceptors (Lipinski definition) is 4. The minimum absolute atomic E-state index is 0. The standard InChI is InChI=1S/C13H16N4O3.ClH/c18-17(19)11-1-2-12-13(9-11)16(10-14-12)4-3-15-5-7-20-8-6-15;/h1-2,9-10H,3-8H2;1H. The van der Waals surface area contributed by atoms with E-state index in [4.69, 9.17) is 4.74 Å². The number of quaternary nitrogens is 1. The van der Waals surface area contributed by atoms with E-state index < -0.39 is 0 Å². The molecule has 114 valence electrons. The summed E-state index contributed by atoms with van der Waals surface area (Å²) in [7, 11) is 0. The van der Waals surface area contributed by atoms with Crippen molar-refractivity contribution in [2.24, 2.45) is 0 Å². The number of rotatable bonds is 4. The van der Waals surface area contributed by atoms with Crippen molar-refractivity contribution < 1.29 is 27.0 Å². The molecule has 1 aliphatic heterocycles. The first kappa shape index (κ1) is 15.7. The second-order valence-electron chi connectivity index (χ2n) is 4.98. The Morgan fingerprint density at radius 1 is 1.38 bits per heavy atom. The molecule has 2 aromatic rings. The number of nitro benzene ring substituents is 1. The third kappa shape index (κ3) is 3.49. The Labute approximate surface area is 128 Å².